The minimum absolute atomic E-state index is 0.0182. The number of esters is 2. The Labute approximate surface area is 131 Å². The van der Waals surface area contributed by atoms with Gasteiger partial charge in [-0.05, 0) is 44.6 Å². The van der Waals surface area contributed by atoms with Crippen LogP contribution in [-0.2, 0) is 23.9 Å². The predicted octanol–water partition coefficient (Wildman–Crippen LogP) is 2.60. The van der Waals surface area contributed by atoms with E-state index in [0.29, 0.717) is 18.4 Å². The van der Waals surface area contributed by atoms with Gasteiger partial charge in [0.05, 0.1) is 13.2 Å². The summed E-state index contributed by atoms with van der Waals surface area (Å²) >= 11 is 0. The van der Waals surface area contributed by atoms with Gasteiger partial charge >= 0.3 is 11.9 Å². The van der Waals surface area contributed by atoms with E-state index in [1.165, 1.54) is 0 Å². The zero-order chi connectivity index (χ0) is 16.8. The quantitative estimate of drug-likeness (QED) is 0.283. The van der Waals surface area contributed by atoms with E-state index in [9.17, 15) is 14.4 Å². The molecule has 0 aromatic rings. The van der Waals surface area contributed by atoms with Crippen LogP contribution in [0.2, 0.25) is 0 Å². The van der Waals surface area contributed by atoms with E-state index in [2.05, 4.69) is 13.2 Å². The lowest BCUT2D eigenvalue weighted by atomic mass is 9.67. The fraction of sp³-hybridized carbons (Fsp3) is 0.588. The third kappa shape index (κ3) is 3.64. The van der Waals surface area contributed by atoms with Crippen molar-refractivity contribution in [2.75, 3.05) is 13.2 Å². The van der Waals surface area contributed by atoms with Crippen molar-refractivity contribution < 1.29 is 23.9 Å². The van der Waals surface area contributed by atoms with Crippen molar-refractivity contribution in [3.05, 3.63) is 24.8 Å². The molecular weight excluding hydrogens is 284 g/mol. The van der Waals surface area contributed by atoms with Gasteiger partial charge in [-0.2, -0.15) is 0 Å². The standard InChI is InChI=1S/C17H24O5/c1-5-8-9-17(15(19)21-6-2,16(20)22-7-3)11-13-10-14(18)12(13)4/h5,13H,1,4,6-11H2,2-3H3. The normalized spacial score (nSPS) is 17.6. The third-order valence-corrected chi connectivity index (χ3v) is 3.99. The average Bonchev–Trinajstić information content (AvgIpc) is 2.50. The van der Waals surface area contributed by atoms with Crippen LogP contribution in [0.3, 0.4) is 0 Å². The van der Waals surface area contributed by atoms with Crippen LogP contribution in [0.25, 0.3) is 0 Å². The lowest BCUT2D eigenvalue weighted by Crippen LogP contribution is -2.46. The predicted molar refractivity (Wildman–Crippen MR) is 82.0 cm³/mol. The Hall–Kier alpha value is -1.91. The van der Waals surface area contributed by atoms with Gasteiger partial charge in [0.15, 0.2) is 11.2 Å². The molecule has 0 aromatic carbocycles. The van der Waals surface area contributed by atoms with Crippen LogP contribution >= 0.6 is 0 Å². The first-order chi connectivity index (χ1) is 10.4. The summed E-state index contributed by atoms with van der Waals surface area (Å²) in [4.78, 5) is 36.3. The first-order valence-electron chi connectivity index (χ1n) is 7.60. The maximum Gasteiger partial charge on any atom is 0.323 e. The largest absolute Gasteiger partial charge is 0.465 e. The lowest BCUT2D eigenvalue weighted by molar-refractivity contribution is -0.174. The van der Waals surface area contributed by atoms with Crippen molar-refractivity contribution in [2.45, 2.75) is 39.5 Å². The molecule has 1 aliphatic carbocycles. The Kier molecular flexibility index (Phi) is 6.53. The van der Waals surface area contributed by atoms with Crippen LogP contribution in [0.4, 0.5) is 0 Å². The van der Waals surface area contributed by atoms with Gasteiger partial charge < -0.3 is 9.47 Å². The number of hydrogen-bond acceptors (Lipinski definition) is 5. The van der Waals surface area contributed by atoms with Gasteiger partial charge in [-0.25, -0.2) is 0 Å². The zero-order valence-electron chi connectivity index (χ0n) is 13.4. The topological polar surface area (TPSA) is 69.7 Å². The first kappa shape index (κ1) is 18.1. The summed E-state index contributed by atoms with van der Waals surface area (Å²) in [6.07, 6.45) is 2.89. The fourth-order valence-electron chi connectivity index (χ4n) is 2.63. The van der Waals surface area contributed by atoms with Crippen LogP contribution in [0.15, 0.2) is 24.8 Å². The summed E-state index contributed by atoms with van der Waals surface area (Å²) in [5.74, 6) is -1.38. The van der Waals surface area contributed by atoms with Crippen LogP contribution in [0.5, 0.6) is 0 Å². The average molecular weight is 308 g/mol. The molecule has 1 aliphatic rings. The van der Waals surface area contributed by atoms with E-state index in [4.69, 9.17) is 9.47 Å². The highest BCUT2D eigenvalue weighted by Gasteiger charge is 2.52. The van der Waals surface area contributed by atoms with Gasteiger partial charge in [0.2, 0.25) is 0 Å². The molecule has 0 aromatic heterocycles. The van der Waals surface area contributed by atoms with Gasteiger partial charge in [0.1, 0.15) is 0 Å². The van der Waals surface area contributed by atoms with Gasteiger partial charge in [0.25, 0.3) is 0 Å². The number of ketones is 1. The molecule has 1 atom stereocenters. The van der Waals surface area contributed by atoms with E-state index in [-0.39, 0.29) is 37.8 Å². The number of rotatable bonds is 9. The first-order valence-corrected chi connectivity index (χ1v) is 7.60. The maximum atomic E-state index is 12.5. The molecule has 0 aliphatic heterocycles. The van der Waals surface area contributed by atoms with Crippen molar-refractivity contribution in [2.24, 2.45) is 11.3 Å². The van der Waals surface area contributed by atoms with E-state index in [1.807, 2.05) is 0 Å². The van der Waals surface area contributed by atoms with Gasteiger partial charge in [-0.15, -0.1) is 6.58 Å². The molecule has 0 amide bonds. The summed E-state index contributed by atoms with van der Waals surface area (Å²) in [5, 5.41) is 0. The fourth-order valence-corrected chi connectivity index (χ4v) is 2.63. The number of Topliss-reactive ketones (excluding diaryl/α,β-unsaturated/α-hetero) is 1. The van der Waals surface area contributed by atoms with E-state index in [0.717, 1.165) is 0 Å². The number of hydrogen-bond donors (Lipinski definition) is 0. The number of allylic oxidation sites excluding steroid dienone is 2. The SMILES string of the molecule is C=CCCC(CC1CC(=O)C1=C)(C(=O)OCC)C(=O)OCC. The molecule has 1 rings (SSSR count). The Bertz CT molecular complexity index is 459. The molecule has 0 saturated heterocycles. The van der Waals surface area contributed by atoms with Gasteiger partial charge in [0, 0.05) is 6.42 Å². The van der Waals surface area contributed by atoms with Crippen LogP contribution in [0, 0.1) is 11.3 Å². The molecule has 5 nitrogen and oxygen atoms in total. The smallest absolute Gasteiger partial charge is 0.323 e. The van der Waals surface area contributed by atoms with Gasteiger partial charge in [-0.1, -0.05) is 12.7 Å². The highest BCUT2D eigenvalue weighted by molar-refractivity contribution is 6.04. The van der Waals surface area contributed by atoms with E-state index < -0.39 is 17.4 Å². The summed E-state index contributed by atoms with van der Waals surface area (Å²) < 4.78 is 10.2. The molecule has 0 N–H and O–H groups in total. The van der Waals surface area contributed by atoms with E-state index in [1.54, 1.807) is 19.9 Å². The minimum Gasteiger partial charge on any atom is -0.465 e. The van der Waals surface area contributed by atoms with Crippen molar-refractivity contribution >= 4 is 17.7 Å². The summed E-state index contributed by atoms with van der Waals surface area (Å²) in [6.45, 7) is 11.1. The molecule has 0 heterocycles. The summed E-state index contributed by atoms with van der Waals surface area (Å²) in [5.41, 5.74) is -0.925. The van der Waals surface area contributed by atoms with E-state index >= 15 is 0 Å². The molecule has 122 valence electrons. The van der Waals surface area contributed by atoms with Crippen molar-refractivity contribution in [1.29, 1.82) is 0 Å². The number of ether oxygens (including phenoxy) is 2. The maximum absolute atomic E-state index is 12.5. The highest BCUT2D eigenvalue weighted by Crippen LogP contribution is 2.43. The summed E-state index contributed by atoms with van der Waals surface area (Å²) in [7, 11) is 0. The molecule has 0 spiro atoms. The Morgan fingerprint density at radius 1 is 1.27 bits per heavy atom. The van der Waals surface area contributed by atoms with Gasteiger partial charge in [-0.3, -0.25) is 14.4 Å². The van der Waals surface area contributed by atoms with Crippen molar-refractivity contribution in [1.82, 2.24) is 0 Å². The van der Waals surface area contributed by atoms with Crippen LogP contribution in [-0.4, -0.2) is 30.9 Å². The molecule has 1 unspecified atom stereocenters. The molecule has 1 fully saturated rings. The third-order valence-electron chi connectivity index (χ3n) is 3.99. The zero-order valence-corrected chi connectivity index (χ0v) is 13.4. The Balaban J connectivity index is 3.08. The number of carbonyl (C=O) groups excluding carboxylic acids is 3. The molecule has 22 heavy (non-hydrogen) atoms. The minimum atomic E-state index is -1.39. The number of carbonyl (C=O) groups is 3. The second-order valence-electron chi connectivity index (χ2n) is 5.40. The monoisotopic (exact) mass is 308 g/mol. The second-order valence-corrected chi connectivity index (χ2v) is 5.40. The Morgan fingerprint density at radius 3 is 2.18 bits per heavy atom. The second kappa shape index (κ2) is 7.92. The van der Waals surface area contributed by atoms with Crippen molar-refractivity contribution in [3.63, 3.8) is 0 Å². The Morgan fingerprint density at radius 2 is 1.82 bits per heavy atom. The van der Waals surface area contributed by atoms with Crippen molar-refractivity contribution in [3.8, 4) is 0 Å². The molecular formula is C17H24O5. The molecule has 5 heteroatoms. The summed E-state index contributed by atoms with van der Waals surface area (Å²) in [6, 6.07) is 0. The molecule has 1 saturated carbocycles. The van der Waals surface area contributed by atoms with Crippen LogP contribution < -0.4 is 0 Å². The molecule has 0 bridgehead atoms. The lowest BCUT2D eigenvalue weighted by Gasteiger charge is -2.36. The highest BCUT2D eigenvalue weighted by atomic mass is 16.6. The van der Waals surface area contributed by atoms with Crippen LogP contribution in [0.1, 0.15) is 39.5 Å². The molecule has 0 radical (unpaired) electrons.